The molecule has 0 saturated carbocycles. The molecular weight excluding hydrogens is 352 g/mol. The van der Waals surface area contributed by atoms with Crippen LogP contribution in [-0.4, -0.2) is 15.0 Å². The van der Waals surface area contributed by atoms with Crippen molar-refractivity contribution in [2.45, 2.75) is 9.79 Å². The van der Waals surface area contributed by atoms with E-state index < -0.39 is 20.6 Å². The Balaban J connectivity index is 2.12. The van der Waals surface area contributed by atoms with Crippen molar-refractivity contribution in [3.63, 3.8) is 0 Å². The van der Waals surface area contributed by atoms with E-state index in [1.54, 1.807) is 60.7 Å². The van der Waals surface area contributed by atoms with Gasteiger partial charge in [-0.25, -0.2) is 4.21 Å². The highest BCUT2D eigenvalue weighted by Gasteiger charge is 2.19. The molecule has 0 bridgehead atoms. The maximum Gasteiger partial charge on any atom is 0.285 e. The van der Waals surface area contributed by atoms with Crippen LogP contribution >= 0.6 is 0 Å². The van der Waals surface area contributed by atoms with Crippen LogP contribution in [0.1, 0.15) is 10.4 Å². The third-order valence-electron chi connectivity index (χ3n) is 3.66. The lowest BCUT2D eigenvalue weighted by molar-refractivity contribution is -0.384. The highest BCUT2D eigenvalue weighted by molar-refractivity contribution is 7.94. The summed E-state index contributed by atoms with van der Waals surface area (Å²) in [6, 6.07) is 22.1. The Kier molecular flexibility index (Phi) is 4.90. The summed E-state index contributed by atoms with van der Waals surface area (Å²) in [5.41, 5.74) is 0.00332. The van der Waals surface area contributed by atoms with Crippen LogP contribution in [0.3, 0.4) is 0 Å². The van der Waals surface area contributed by atoms with E-state index in [9.17, 15) is 19.1 Å². The molecule has 3 aromatic carbocycles. The van der Waals surface area contributed by atoms with Crippen LogP contribution in [0.15, 0.2) is 99.1 Å². The Labute approximate surface area is 150 Å². The molecule has 0 fully saturated rings. The second-order valence-electron chi connectivity index (χ2n) is 5.35. The molecule has 0 N–H and O–H groups in total. The molecule has 1 amide bonds. The number of rotatable bonds is 4. The van der Waals surface area contributed by atoms with Gasteiger partial charge >= 0.3 is 0 Å². The molecule has 6 nitrogen and oxygen atoms in total. The molecular formula is C19H14N2O4S. The van der Waals surface area contributed by atoms with Crippen LogP contribution in [0.25, 0.3) is 0 Å². The Morgan fingerprint density at radius 1 is 0.808 bits per heavy atom. The normalized spacial score (nSPS) is 10.9. The van der Waals surface area contributed by atoms with Gasteiger partial charge in [0.1, 0.15) is 9.73 Å². The zero-order valence-corrected chi connectivity index (χ0v) is 14.3. The quantitative estimate of drug-likeness (QED) is 0.508. The molecule has 7 heteroatoms. The van der Waals surface area contributed by atoms with Crippen LogP contribution in [-0.2, 0) is 9.73 Å². The van der Waals surface area contributed by atoms with Gasteiger partial charge in [0.05, 0.1) is 14.7 Å². The van der Waals surface area contributed by atoms with E-state index in [0.717, 1.165) is 0 Å². The standard InChI is InChI=1S/C19H14N2O4S/c22-19(15-11-13-16(14-12-15)21(23)24)20-26(25,17-7-3-1-4-8-17)18-9-5-2-6-10-18/h1-14H. The molecule has 130 valence electrons. The Morgan fingerprint density at radius 3 is 1.69 bits per heavy atom. The van der Waals surface area contributed by atoms with Crippen LogP contribution in [0, 0.1) is 10.1 Å². The summed E-state index contributed by atoms with van der Waals surface area (Å²) in [5.74, 6) is -0.697. The first-order chi connectivity index (χ1) is 12.5. The van der Waals surface area contributed by atoms with E-state index >= 15 is 0 Å². The molecule has 3 rings (SSSR count). The highest BCUT2D eigenvalue weighted by Crippen LogP contribution is 2.24. The van der Waals surface area contributed by atoms with Gasteiger partial charge in [-0.1, -0.05) is 36.4 Å². The number of carbonyl (C=O) groups excluding carboxylic acids is 1. The SMILES string of the molecule is O=C(N=S(=O)(c1ccccc1)c1ccccc1)c1ccc([N+](=O)[O-])cc1. The van der Waals surface area contributed by atoms with Crippen LogP contribution < -0.4 is 0 Å². The number of carbonyl (C=O) groups is 1. The van der Waals surface area contributed by atoms with Crippen LogP contribution in [0.5, 0.6) is 0 Å². The smallest absolute Gasteiger partial charge is 0.266 e. The number of amides is 1. The molecule has 0 radical (unpaired) electrons. The van der Waals surface area contributed by atoms with Gasteiger partial charge in [-0.2, -0.15) is 0 Å². The van der Waals surface area contributed by atoms with Crippen molar-refractivity contribution in [3.8, 4) is 0 Å². The average Bonchev–Trinajstić information content (AvgIpc) is 2.69. The van der Waals surface area contributed by atoms with Crippen molar-refractivity contribution in [2.24, 2.45) is 4.36 Å². The Hall–Kier alpha value is -3.32. The van der Waals surface area contributed by atoms with E-state index in [0.29, 0.717) is 9.79 Å². The van der Waals surface area contributed by atoms with Crippen molar-refractivity contribution in [2.75, 3.05) is 0 Å². The van der Waals surface area contributed by atoms with E-state index in [2.05, 4.69) is 4.36 Å². The van der Waals surface area contributed by atoms with Gasteiger partial charge < -0.3 is 0 Å². The molecule has 0 aliphatic heterocycles. The predicted octanol–water partition coefficient (Wildman–Crippen LogP) is 4.32. The van der Waals surface area contributed by atoms with Crippen molar-refractivity contribution >= 4 is 21.3 Å². The minimum absolute atomic E-state index is 0.131. The minimum Gasteiger partial charge on any atom is -0.266 e. The topological polar surface area (TPSA) is 89.6 Å². The van der Waals surface area contributed by atoms with Gasteiger partial charge in [0.25, 0.3) is 11.6 Å². The van der Waals surface area contributed by atoms with Crippen molar-refractivity contribution < 1.29 is 13.9 Å². The number of hydrogen-bond donors (Lipinski definition) is 0. The lowest BCUT2D eigenvalue weighted by atomic mass is 10.2. The minimum atomic E-state index is -3.18. The van der Waals surface area contributed by atoms with Gasteiger partial charge in [0.2, 0.25) is 0 Å². The van der Waals surface area contributed by atoms with E-state index in [1.807, 2.05) is 0 Å². The fourth-order valence-corrected chi connectivity index (χ4v) is 4.22. The lowest BCUT2D eigenvalue weighted by Gasteiger charge is -2.10. The fourth-order valence-electron chi connectivity index (χ4n) is 2.35. The molecule has 0 heterocycles. The third-order valence-corrected chi connectivity index (χ3v) is 5.91. The van der Waals surface area contributed by atoms with Gasteiger partial charge in [0.15, 0.2) is 0 Å². The molecule has 0 unspecified atom stereocenters. The number of nitrogens with zero attached hydrogens (tertiary/aromatic N) is 2. The number of non-ortho nitro benzene ring substituents is 1. The van der Waals surface area contributed by atoms with E-state index in [-0.39, 0.29) is 11.3 Å². The summed E-state index contributed by atoms with van der Waals surface area (Å²) in [5, 5.41) is 10.7. The molecule has 0 spiro atoms. The predicted molar refractivity (Wildman–Crippen MR) is 97.4 cm³/mol. The fraction of sp³-hybridized carbons (Fsp3) is 0. The molecule has 3 aromatic rings. The number of benzene rings is 3. The number of nitro benzene ring substituents is 1. The van der Waals surface area contributed by atoms with E-state index in [1.165, 1.54) is 24.3 Å². The largest absolute Gasteiger partial charge is 0.285 e. The molecule has 0 aromatic heterocycles. The molecule has 0 aliphatic carbocycles. The third kappa shape index (κ3) is 3.52. The molecule has 0 saturated heterocycles. The second-order valence-corrected chi connectivity index (χ2v) is 7.53. The van der Waals surface area contributed by atoms with Crippen LogP contribution in [0.4, 0.5) is 5.69 Å². The summed E-state index contributed by atoms with van der Waals surface area (Å²) in [6.07, 6.45) is 0. The Bertz CT molecular complexity index is 1010. The number of hydrogen-bond acceptors (Lipinski definition) is 4. The summed E-state index contributed by atoms with van der Waals surface area (Å²) < 4.78 is 17.7. The lowest BCUT2D eigenvalue weighted by Crippen LogP contribution is -2.06. The highest BCUT2D eigenvalue weighted by atomic mass is 32.2. The number of nitro groups is 1. The van der Waals surface area contributed by atoms with Gasteiger partial charge in [-0.15, -0.1) is 4.36 Å². The summed E-state index contributed by atoms with van der Waals surface area (Å²) in [6.45, 7) is 0. The summed E-state index contributed by atoms with van der Waals surface area (Å²) in [7, 11) is -3.18. The van der Waals surface area contributed by atoms with Crippen molar-refractivity contribution in [3.05, 3.63) is 101 Å². The zero-order chi connectivity index (χ0) is 18.6. The second kappa shape index (κ2) is 7.28. The molecule has 0 aliphatic rings. The van der Waals surface area contributed by atoms with Crippen molar-refractivity contribution in [1.82, 2.24) is 0 Å². The monoisotopic (exact) mass is 366 g/mol. The first-order valence-electron chi connectivity index (χ1n) is 7.67. The van der Waals surface area contributed by atoms with E-state index in [4.69, 9.17) is 0 Å². The summed E-state index contributed by atoms with van der Waals surface area (Å²) >= 11 is 0. The zero-order valence-electron chi connectivity index (χ0n) is 13.5. The first kappa shape index (κ1) is 17.5. The summed E-state index contributed by atoms with van der Waals surface area (Å²) in [4.78, 5) is 23.6. The molecule has 0 atom stereocenters. The van der Waals surface area contributed by atoms with Crippen LogP contribution in [0.2, 0.25) is 0 Å². The molecule has 26 heavy (non-hydrogen) atoms. The Morgan fingerprint density at radius 2 is 1.27 bits per heavy atom. The van der Waals surface area contributed by atoms with Crippen molar-refractivity contribution in [1.29, 1.82) is 0 Å². The first-order valence-corrected chi connectivity index (χ1v) is 9.18. The maximum absolute atomic E-state index is 13.7. The van der Waals surface area contributed by atoms with Gasteiger partial charge in [0, 0.05) is 17.7 Å². The average molecular weight is 366 g/mol. The van der Waals surface area contributed by atoms with Gasteiger partial charge in [-0.05, 0) is 36.4 Å². The maximum atomic E-state index is 13.7. The van der Waals surface area contributed by atoms with Gasteiger partial charge in [-0.3, -0.25) is 14.9 Å².